The minimum Gasteiger partial charge on any atom is -0.494 e. The number of nitrogens with zero attached hydrogens (tertiary/aromatic N) is 1. The van der Waals surface area contributed by atoms with Crippen LogP contribution in [0.25, 0.3) is 0 Å². The summed E-state index contributed by atoms with van der Waals surface area (Å²) < 4.78 is 5.69. The molecular formula is C24H32N2O3. The molecule has 0 aliphatic heterocycles. The maximum Gasteiger partial charge on any atom is 0.242 e. The molecule has 2 aromatic rings. The predicted octanol–water partition coefficient (Wildman–Crippen LogP) is 4.10. The summed E-state index contributed by atoms with van der Waals surface area (Å²) in [6.45, 7) is 7.29. The molecule has 2 aromatic carbocycles. The molecular weight excluding hydrogens is 364 g/mol. The molecule has 0 aromatic heterocycles. The van der Waals surface area contributed by atoms with Gasteiger partial charge in [-0.1, -0.05) is 55.0 Å². The topological polar surface area (TPSA) is 58.6 Å². The molecule has 0 aliphatic rings. The summed E-state index contributed by atoms with van der Waals surface area (Å²) in [5.41, 5.74) is 2.17. The number of hydrogen-bond donors (Lipinski definition) is 1. The fourth-order valence-electron chi connectivity index (χ4n) is 3.29. The van der Waals surface area contributed by atoms with E-state index in [4.69, 9.17) is 4.74 Å². The zero-order valence-corrected chi connectivity index (χ0v) is 17.7. The lowest BCUT2D eigenvalue weighted by molar-refractivity contribution is -0.141. The first-order chi connectivity index (χ1) is 14.0. The zero-order valence-electron chi connectivity index (χ0n) is 17.7. The molecule has 1 atom stereocenters. The summed E-state index contributed by atoms with van der Waals surface area (Å²) in [6, 6.07) is 17.2. The third-order valence-electron chi connectivity index (χ3n) is 4.72. The highest BCUT2D eigenvalue weighted by atomic mass is 16.5. The van der Waals surface area contributed by atoms with Gasteiger partial charge in [0, 0.05) is 19.5 Å². The van der Waals surface area contributed by atoms with Crippen LogP contribution in [0.1, 0.15) is 44.2 Å². The SMILES string of the molecule is CCNC(=O)[C@@H](CC)N(Cc1cccc(C)c1)C(=O)CCCOc1ccccc1. The van der Waals surface area contributed by atoms with E-state index in [9.17, 15) is 9.59 Å². The van der Waals surface area contributed by atoms with Gasteiger partial charge in [0.1, 0.15) is 11.8 Å². The average molecular weight is 397 g/mol. The number of carbonyl (C=O) groups excluding carboxylic acids is 2. The summed E-state index contributed by atoms with van der Waals surface area (Å²) in [6.07, 6.45) is 1.52. The van der Waals surface area contributed by atoms with Gasteiger partial charge in [-0.15, -0.1) is 0 Å². The van der Waals surface area contributed by atoms with Crippen molar-refractivity contribution in [3.8, 4) is 5.75 Å². The van der Waals surface area contributed by atoms with Crippen LogP contribution in [-0.2, 0) is 16.1 Å². The Labute approximate surface area is 174 Å². The van der Waals surface area contributed by atoms with Gasteiger partial charge in [0.15, 0.2) is 0 Å². The van der Waals surface area contributed by atoms with E-state index in [2.05, 4.69) is 11.4 Å². The van der Waals surface area contributed by atoms with Crippen molar-refractivity contribution in [2.24, 2.45) is 0 Å². The van der Waals surface area contributed by atoms with Crippen LogP contribution in [0.2, 0.25) is 0 Å². The average Bonchev–Trinajstić information content (AvgIpc) is 2.72. The number of aryl methyl sites for hydroxylation is 1. The van der Waals surface area contributed by atoms with E-state index in [1.165, 1.54) is 0 Å². The van der Waals surface area contributed by atoms with E-state index >= 15 is 0 Å². The molecule has 0 unspecified atom stereocenters. The third-order valence-corrected chi connectivity index (χ3v) is 4.72. The lowest BCUT2D eigenvalue weighted by Gasteiger charge is -2.30. The number of likely N-dealkylation sites (N-methyl/N-ethyl adjacent to an activating group) is 1. The van der Waals surface area contributed by atoms with E-state index in [-0.39, 0.29) is 11.8 Å². The van der Waals surface area contributed by atoms with Crippen molar-refractivity contribution < 1.29 is 14.3 Å². The van der Waals surface area contributed by atoms with E-state index in [0.717, 1.165) is 16.9 Å². The molecule has 5 nitrogen and oxygen atoms in total. The third kappa shape index (κ3) is 7.26. The van der Waals surface area contributed by atoms with Crippen LogP contribution in [0.3, 0.4) is 0 Å². The number of hydrogen-bond acceptors (Lipinski definition) is 3. The van der Waals surface area contributed by atoms with E-state index in [0.29, 0.717) is 39.0 Å². The molecule has 0 saturated heterocycles. The number of para-hydroxylation sites is 1. The van der Waals surface area contributed by atoms with Crippen molar-refractivity contribution in [2.75, 3.05) is 13.2 Å². The Hall–Kier alpha value is -2.82. The van der Waals surface area contributed by atoms with E-state index in [1.807, 2.05) is 69.3 Å². The van der Waals surface area contributed by atoms with Gasteiger partial charge in [0.2, 0.25) is 11.8 Å². The van der Waals surface area contributed by atoms with Crippen molar-refractivity contribution in [3.05, 3.63) is 65.7 Å². The number of carbonyl (C=O) groups is 2. The van der Waals surface area contributed by atoms with Gasteiger partial charge in [-0.25, -0.2) is 0 Å². The van der Waals surface area contributed by atoms with Crippen LogP contribution in [0.15, 0.2) is 54.6 Å². The first-order valence-corrected chi connectivity index (χ1v) is 10.4. The molecule has 2 rings (SSSR count). The Morgan fingerprint density at radius 3 is 2.48 bits per heavy atom. The van der Waals surface area contributed by atoms with Crippen LogP contribution in [0, 0.1) is 6.92 Å². The number of nitrogens with one attached hydrogen (secondary N) is 1. The molecule has 0 aliphatic carbocycles. The molecule has 0 radical (unpaired) electrons. The van der Waals surface area contributed by atoms with Gasteiger partial charge in [0.05, 0.1) is 6.61 Å². The number of rotatable bonds is 11. The highest BCUT2D eigenvalue weighted by Crippen LogP contribution is 2.16. The number of ether oxygens (including phenoxy) is 1. The summed E-state index contributed by atoms with van der Waals surface area (Å²) in [7, 11) is 0. The van der Waals surface area contributed by atoms with Crippen molar-refractivity contribution in [3.63, 3.8) is 0 Å². The minimum absolute atomic E-state index is 0.0266. The quantitative estimate of drug-likeness (QED) is 0.582. The molecule has 1 N–H and O–H groups in total. The Morgan fingerprint density at radius 1 is 1.07 bits per heavy atom. The molecule has 0 fully saturated rings. The second kappa shape index (κ2) is 11.9. The normalized spacial score (nSPS) is 11.6. The fourth-order valence-corrected chi connectivity index (χ4v) is 3.29. The van der Waals surface area contributed by atoms with Crippen molar-refractivity contribution in [2.45, 2.75) is 52.6 Å². The molecule has 0 saturated carbocycles. The second-order valence-electron chi connectivity index (χ2n) is 7.09. The van der Waals surface area contributed by atoms with Gasteiger partial charge >= 0.3 is 0 Å². The first-order valence-electron chi connectivity index (χ1n) is 10.4. The van der Waals surface area contributed by atoms with Gasteiger partial charge < -0.3 is 15.0 Å². The molecule has 5 heteroatoms. The molecule has 156 valence electrons. The van der Waals surface area contributed by atoms with Gasteiger partial charge in [-0.2, -0.15) is 0 Å². The Bertz CT molecular complexity index is 777. The smallest absolute Gasteiger partial charge is 0.242 e. The number of benzene rings is 2. The van der Waals surface area contributed by atoms with E-state index < -0.39 is 6.04 Å². The van der Waals surface area contributed by atoms with E-state index in [1.54, 1.807) is 4.90 Å². The predicted molar refractivity (Wildman–Crippen MR) is 116 cm³/mol. The van der Waals surface area contributed by atoms with Crippen molar-refractivity contribution in [1.29, 1.82) is 0 Å². The summed E-state index contributed by atoms with van der Waals surface area (Å²) in [5, 5.41) is 2.86. The highest BCUT2D eigenvalue weighted by molar-refractivity contribution is 5.87. The van der Waals surface area contributed by atoms with Crippen molar-refractivity contribution >= 4 is 11.8 Å². The standard InChI is InChI=1S/C24H32N2O3/c1-4-22(24(28)25-5-2)26(18-20-12-9-11-19(3)17-20)23(27)15-10-16-29-21-13-7-6-8-14-21/h6-9,11-14,17,22H,4-5,10,15-16,18H2,1-3H3,(H,25,28)/t22-/m1/s1. The Morgan fingerprint density at radius 2 is 1.83 bits per heavy atom. The monoisotopic (exact) mass is 396 g/mol. The highest BCUT2D eigenvalue weighted by Gasteiger charge is 2.27. The summed E-state index contributed by atoms with van der Waals surface area (Å²) in [5.74, 6) is 0.670. The van der Waals surface area contributed by atoms with Crippen LogP contribution in [-0.4, -0.2) is 35.9 Å². The maximum atomic E-state index is 13.0. The first kappa shape index (κ1) is 22.5. The largest absolute Gasteiger partial charge is 0.494 e. The molecule has 0 heterocycles. The fraction of sp³-hybridized carbons (Fsp3) is 0.417. The van der Waals surface area contributed by atoms with Gasteiger partial charge in [-0.05, 0) is 44.4 Å². The zero-order chi connectivity index (χ0) is 21.1. The Kier molecular flexibility index (Phi) is 9.22. The lowest BCUT2D eigenvalue weighted by atomic mass is 10.1. The molecule has 29 heavy (non-hydrogen) atoms. The Balaban J connectivity index is 2.03. The summed E-state index contributed by atoms with van der Waals surface area (Å²) in [4.78, 5) is 27.3. The maximum absolute atomic E-state index is 13.0. The minimum atomic E-state index is -0.474. The van der Waals surface area contributed by atoms with Gasteiger partial charge in [0.25, 0.3) is 0 Å². The van der Waals surface area contributed by atoms with Crippen molar-refractivity contribution in [1.82, 2.24) is 10.2 Å². The summed E-state index contributed by atoms with van der Waals surface area (Å²) >= 11 is 0. The molecule has 0 bridgehead atoms. The van der Waals surface area contributed by atoms with Crippen LogP contribution in [0.4, 0.5) is 0 Å². The second-order valence-corrected chi connectivity index (χ2v) is 7.09. The van der Waals surface area contributed by atoms with Gasteiger partial charge in [-0.3, -0.25) is 9.59 Å². The van der Waals surface area contributed by atoms with Crippen LogP contribution < -0.4 is 10.1 Å². The number of amides is 2. The van der Waals surface area contributed by atoms with Crippen LogP contribution in [0.5, 0.6) is 5.75 Å². The molecule has 0 spiro atoms. The molecule has 2 amide bonds. The lowest BCUT2D eigenvalue weighted by Crippen LogP contribution is -2.49. The van der Waals surface area contributed by atoms with Crippen LogP contribution >= 0.6 is 0 Å².